The van der Waals surface area contributed by atoms with E-state index in [1.54, 1.807) is 24.3 Å². The van der Waals surface area contributed by atoms with Crippen LogP contribution in [0, 0.1) is 5.82 Å². The van der Waals surface area contributed by atoms with E-state index in [9.17, 15) is 14.0 Å². The van der Waals surface area contributed by atoms with Crippen LogP contribution < -0.4 is 15.4 Å². The first-order valence-electron chi connectivity index (χ1n) is 6.96. The van der Waals surface area contributed by atoms with Crippen molar-refractivity contribution in [2.75, 3.05) is 23.0 Å². The number of thioether (sulfide) groups is 1. The minimum absolute atomic E-state index is 0.0337. The maximum Gasteiger partial charge on any atom is 0.262 e. The molecule has 1 aliphatic heterocycles. The van der Waals surface area contributed by atoms with Gasteiger partial charge in [-0.15, -0.1) is 11.8 Å². The first-order chi connectivity index (χ1) is 11.5. The van der Waals surface area contributed by atoms with Crippen LogP contribution in [0.3, 0.4) is 0 Å². The van der Waals surface area contributed by atoms with Gasteiger partial charge in [0, 0.05) is 11.0 Å². The lowest BCUT2D eigenvalue weighted by Gasteiger charge is -2.19. The van der Waals surface area contributed by atoms with Crippen molar-refractivity contribution in [3.05, 3.63) is 47.2 Å². The second-order valence-electron chi connectivity index (χ2n) is 4.93. The maximum atomic E-state index is 13.5. The van der Waals surface area contributed by atoms with E-state index in [1.807, 2.05) is 0 Å². The molecule has 0 fully saturated rings. The Morgan fingerprint density at radius 3 is 2.96 bits per heavy atom. The Bertz CT molecular complexity index is 816. The van der Waals surface area contributed by atoms with Crippen LogP contribution in [-0.2, 0) is 9.59 Å². The molecule has 0 saturated heterocycles. The zero-order valence-electron chi connectivity index (χ0n) is 12.3. The predicted molar refractivity (Wildman–Crippen MR) is 91.3 cm³/mol. The van der Waals surface area contributed by atoms with Crippen LogP contribution in [0.15, 0.2) is 41.3 Å². The molecule has 3 rings (SSSR count). The maximum absolute atomic E-state index is 13.5. The fourth-order valence-corrected chi connectivity index (χ4v) is 3.04. The van der Waals surface area contributed by atoms with Gasteiger partial charge in [0.1, 0.15) is 11.6 Å². The summed E-state index contributed by atoms with van der Waals surface area (Å²) in [7, 11) is 0. The van der Waals surface area contributed by atoms with Crippen LogP contribution in [0.5, 0.6) is 5.75 Å². The first kappa shape index (κ1) is 16.6. The second-order valence-corrected chi connectivity index (χ2v) is 6.36. The number of nitrogens with one attached hydrogen (secondary N) is 2. The third-order valence-corrected chi connectivity index (χ3v) is 4.53. The highest BCUT2D eigenvalue weighted by atomic mass is 35.5. The van der Waals surface area contributed by atoms with Gasteiger partial charge in [0.2, 0.25) is 5.91 Å². The number of halogens is 2. The minimum Gasteiger partial charge on any atom is -0.482 e. The number of hydrogen-bond acceptors (Lipinski definition) is 4. The highest BCUT2D eigenvalue weighted by molar-refractivity contribution is 8.00. The average Bonchev–Trinajstić information content (AvgIpc) is 2.55. The highest BCUT2D eigenvalue weighted by Gasteiger charge is 2.19. The van der Waals surface area contributed by atoms with Gasteiger partial charge in [-0.25, -0.2) is 4.39 Å². The lowest BCUT2D eigenvalue weighted by Crippen LogP contribution is -2.25. The third-order valence-electron chi connectivity index (χ3n) is 3.17. The SMILES string of the molecule is O=C(CSc1ccccc1F)Nc1cc2c(cc1Cl)NC(=O)CO2. The summed E-state index contributed by atoms with van der Waals surface area (Å²) < 4.78 is 18.8. The number of hydrogen-bond donors (Lipinski definition) is 2. The molecule has 1 aliphatic rings. The summed E-state index contributed by atoms with van der Waals surface area (Å²) in [6.45, 7) is -0.0921. The van der Waals surface area contributed by atoms with E-state index in [-0.39, 0.29) is 35.0 Å². The van der Waals surface area contributed by atoms with Crippen LogP contribution >= 0.6 is 23.4 Å². The summed E-state index contributed by atoms with van der Waals surface area (Å²) >= 11 is 7.20. The van der Waals surface area contributed by atoms with E-state index in [4.69, 9.17) is 16.3 Å². The summed E-state index contributed by atoms with van der Waals surface area (Å²) in [4.78, 5) is 23.7. The molecule has 2 amide bonds. The van der Waals surface area contributed by atoms with E-state index in [0.29, 0.717) is 22.0 Å². The zero-order valence-corrected chi connectivity index (χ0v) is 13.8. The molecule has 2 aromatic carbocycles. The molecule has 0 bridgehead atoms. The summed E-state index contributed by atoms with van der Waals surface area (Å²) in [6, 6.07) is 9.29. The second kappa shape index (κ2) is 7.11. The van der Waals surface area contributed by atoms with E-state index in [2.05, 4.69) is 10.6 Å². The van der Waals surface area contributed by atoms with Crippen molar-refractivity contribution in [1.82, 2.24) is 0 Å². The molecule has 0 aromatic heterocycles. The normalized spacial score (nSPS) is 12.8. The number of amides is 2. The van der Waals surface area contributed by atoms with Gasteiger partial charge in [-0.1, -0.05) is 23.7 Å². The molecule has 124 valence electrons. The fourth-order valence-electron chi connectivity index (χ4n) is 2.09. The largest absolute Gasteiger partial charge is 0.482 e. The lowest BCUT2D eigenvalue weighted by molar-refractivity contribution is -0.118. The summed E-state index contributed by atoms with van der Waals surface area (Å²) in [6.07, 6.45) is 0. The molecule has 0 unspecified atom stereocenters. The molecule has 5 nitrogen and oxygen atoms in total. The number of carbonyl (C=O) groups is 2. The molecule has 0 saturated carbocycles. The quantitative estimate of drug-likeness (QED) is 0.812. The topological polar surface area (TPSA) is 67.4 Å². The summed E-state index contributed by atoms with van der Waals surface area (Å²) in [5.74, 6) is -0.504. The van der Waals surface area contributed by atoms with Gasteiger partial charge in [0.25, 0.3) is 5.91 Å². The Balaban J connectivity index is 1.66. The number of ether oxygens (including phenoxy) is 1. The number of carbonyl (C=O) groups excluding carboxylic acids is 2. The molecule has 0 aliphatic carbocycles. The van der Waals surface area contributed by atoms with Gasteiger partial charge < -0.3 is 15.4 Å². The Labute approximate surface area is 146 Å². The first-order valence-corrected chi connectivity index (χ1v) is 8.32. The van der Waals surface area contributed by atoms with Gasteiger partial charge >= 0.3 is 0 Å². The van der Waals surface area contributed by atoms with Gasteiger partial charge in [0.05, 0.1) is 22.2 Å². The van der Waals surface area contributed by atoms with Crippen LogP contribution in [0.4, 0.5) is 15.8 Å². The molecule has 2 N–H and O–H groups in total. The fraction of sp³-hybridized carbons (Fsp3) is 0.125. The van der Waals surface area contributed by atoms with Gasteiger partial charge in [-0.3, -0.25) is 9.59 Å². The van der Waals surface area contributed by atoms with Crippen molar-refractivity contribution in [2.24, 2.45) is 0 Å². The van der Waals surface area contributed by atoms with E-state index in [1.165, 1.54) is 12.1 Å². The summed E-state index contributed by atoms with van der Waals surface area (Å²) in [5.41, 5.74) is 0.820. The van der Waals surface area contributed by atoms with Gasteiger partial charge in [-0.05, 0) is 18.2 Å². The summed E-state index contributed by atoms with van der Waals surface area (Å²) in [5, 5.41) is 5.55. The van der Waals surface area contributed by atoms with E-state index < -0.39 is 0 Å². The molecule has 0 radical (unpaired) electrons. The number of benzene rings is 2. The molecule has 0 spiro atoms. The van der Waals surface area contributed by atoms with Crippen LogP contribution in [0.2, 0.25) is 5.02 Å². The van der Waals surface area contributed by atoms with Crippen molar-refractivity contribution in [1.29, 1.82) is 0 Å². The molecule has 24 heavy (non-hydrogen) atoms. The van der Waals surface area contributed by atoms with Gasteiger partial charge in [-0.2, -0.15) is 0 Å². The van der Waals surface area contributed by atoms with E-state index >= 15 is 0 Å². The Morgan fingerprint density at radius 1 is 1.38 bits per heavy atom. The van der Waals surface area contributed by atoms with Crippen LogP contribution in [0.1, 0.15) is 0 Å². The van der Waals surface area contributed by atoms with Crippen LogP contribution in [-0.4, -0.2) is 24.2 Å². The predicted octanol–water partition coefficient (Wildman–Crippen LogP) is 3.54. The molecule has 2 aromatic rings. The Hall–Kier alpha value is -2.25. The minimum atomic E-state index is -0.369. The standard InChI is InChI=1S/C16H12ClFN2O3S/c17-9-5-12-13(23-7-15(21)20-12)6-11(9)19-16(22)8-24-14-4-2-1-3-10(14)18/h1-6H,7-8H2,(H,19,22)(H,20,21). The smallest absolute Gasteiger partial charge is 0.262 e. The highest BCUT2D eigenvalue weighted by Crippen LogP contribution is 2.36. The van der Waals surface area contributed by atoms with Gasteiger partial charge in [0.15, 0.2) is 6.61 Å². The number of fused-ring (bicyclic) bond motifs is 1. The Kier molecular flexibility index (Phi) is 4.92. The Morgan fingerprint density at radius 2 is 2.17 bits per heavy atom. The van der Waals surface area contributed by atoms with Crippen molar-refractivity contribution < 1.29 is 18.7 Å². The van der Waals surface area contributed by atoms with Crippen LogP contribution in [0.25, 0.3) is 0 Å². The lowest BCUT2D eigenvalue weighted by atomic mass is 10.2. The molecule has 1 heterocycles. The molecule has 8 heteroatoms. The van der Waals surface area contributed by atoms with Crippen molar-refractivity contribution in [2.45, 2.75) is 4.90 Å². The number of anilines is 2. The average molecular weight is 367 g/mol. The van der Waals surface area contributed by atoms with E-state index in [0.717, 1.165) is 11.8 Å². The molecular formula is C16H12ClFN2O3S. The van der Waals surface area contributed by atoms with Crippen molar-refractivity contribution >= 4 is 46.6 Å². The van der Waals surface area contributed by atoms with Crippen molar-refractivity contribution in [3.63, 3.8) is 0 Å². The molecular weight excluding hydrogens is 355 g/mol. The third kappa shape index (κ3) is 3.80. The van der Waals surface area contributed by atoms with Crippen molar-refractivity contribution in [3.8, 4) is 5.75 Å². The zero-order chi connectivity index (χ0) is 17.1. The monoisotopic (exact) mass is 366 g/mol. The number of rotatable bonds is 4. The molecule has 0 atom stereocenters.